The Kier molecular flexibility index (Phi) is 9.02. The van der Waals surface area contributed by atoms with Crippen LogP contribution in [-0.4, -0.2) is 36.7 Å². The summed E-state index contributed by atoms with van der Waals surface area (Å²) in [5.41, 5.74) is 1.30. The highest BCUT2D eigenvalue weighted by Gasteiger charge is 2.46. The van der Waals surface area contributed by atoms with Crippen molar-refractivity contribution in [3.05, 3.63) is 92.3 Å². The average molecular weight is 601 g/mol. The predicted octanol–water partition coefficient (Wildman–Crippen LogP) is 5.75. The summed E-state index contributed by atoms with van der Waals surface area (Å²) in [4.78, 5) is 27.0. The van der Waals surface area contributed by atoms with E-state index in [0.717, 1.165) is 11.1 Å². The topological polar surface area (TPSA) is 109 Å². The summed E-state index contributed by atoms with van der Waals surface area (Å²) in [5, 5.41) is 0.344. The zero-order valence-electron chi connectivity index (χ0n) is 25.1. The molecular formula is C30H41N2O7PSi. The van der Waals surface area contributed by atoms with Gasteiger partial charge in [-0.1, -0.05) is 56.7 Å². The molecule has 222 valence electrons. The first-order chi connectivity index (χ1) is 19.1. The molecule has 0 aliphatic carbocycles. The Bertz CT molecular complexity index is 1540. The number of H-pyrrole nitrogens is 1. The third kappa shape index (κ3) is 7.01. The summed E-state index contributed by atoms with van der Waals surface area (Å²) < 4.78 is 41.2. The lowest BCUT2D eigenvalue weighted by Gasteiger charge is -2.39. The highest BCUT2D eigenvalue weighted by molar-refractivity contribution is 7.62. The molecule has 0 bridgehead atoms. The van der Waals surface area contributed by atoms with Crippen molar-refractivity contribution in [3.63, 3.8) is 0 Å². The summed E-state index contributed by atoms with van der Waals surface area (Å²) in [7, 11) is -6.12. The lowest BCUT2D eigenvalue weighted by molar-refractivity contribution is -0.0397. The van der Waals surface area contributed by atoms with E-state index in [2.05, 4.69) is 38.8 Å². The average Bonchev–Trinajstić information content (AvgIpc) is 3.28. The lowest BCUT2D eigenvalue weighted by Crippen LogP contribution is -2.46. The minimum absolute atomic E-state index is 0.0761. The molecule has 0 amide bonds. The van der Waals surface area contributed by atoms with Crippen molar-refractivity contribution in [2.24, 2.45) is 0 Å². The third-order valence-corrected chi connectivity index (χ3v) is 14.3. The standard InChI is InChI=1S/C30H41N2O7PSi/c1-20-14-15-24(21(2)16-20)38-40(35,23-12-10-9-11-13-23)36-19-26-25(39-41(7,8)30(4,5)6)17-27(37-26)32-18-22(3)28(33)31-29(32)34/h9-16,18,25-27H,17,19H2,1-8H3,(H,31,33,34)/t25?,26?,27?,40-/m0/s1. The van der Waals surface area contributed by atoms with E-state index in [-0.39, 0.29) is 11.6 Å². The molecule has 41 heavy (non-hydrogen) atoms. The van der Waals surface area contributed by atoms with Gasteiger partial charge in [-0.2, -0.15) is 0 Å². The second kappa shape index (κ2) is 11.9. The predicted molar refractivity (Wildman–Crippen MR) is 163 cm³/mol. The van der Waals surface area contributed by atoms with E-state index >= 15 is 0 Å². The first kappa shape index (κ1) is 31.2. The third-order valence-electron chi connectivity index (χ3n) is 7.92. The largest absolute Gasteiger partial charge is 0.421 e. The number of aryl methyl sites for hydroxylation is 3. The molecule has 1 fully saturated rings. The Labute approximate surface area is 242 Å². The number of nitrogens with one attached hydrogen (secondary N) is 1. The number of aromatic amines is 1. The van der Waals surface area contributed by atoms with Gasteiger partial charge >= 0.3 is 13.3 Å². The summed E-state index contributed by atoms with van der Waals surface area (Å²) >= 11 is 0. The molecule has 1 aromatic heterocycles. The number of benzene rings is 2. The van der Waals surface area contributed by atoms with Gasteiger partial charge in [0.05, 0.1) is 18.0 Å². The van der Waals surface area contributed by atoms with Gasteiger partial charge in [0.1, 0.15) is 18.1 Å². The van der Waals surface area contributed by atoms with Crippen LogP contribution in [0, 0.1) is 20.8 Å². The molecule has 9 nitrogen and oxygen atoms in total. The van der Waals surface area contributed by atoms with Gasteiger partial charge in [0.25, 0.3) is 5.56 Å². The quantitative estimate of drug-likeness (QED) is 0.246. The van der Waals surface area contributed by atoms with Crippen molar-refractivity contribution in [1.82, 2.24) is 9.55 Å². The fourth-order valence-corrected chi connectivity index (χ4v) is 7.48. The van der Waals surface area contributed by atoms with Gasteiger partial charge in [-0.05, 0) is 62.7 Å². The highest BCUT2D eigenvalue weighted by Crippen LogP contribution is 2.49. The molecule has 3 unspecified atom stereocenters. The van der Waals surface area contributed by atoms with Crippen molar-refractivity contribution in [2.75, 3.05) is 6.61 Å². The second-order valence-corrected chi connectivity index (χ2v) is 19.0. The number of aromatic nitrogens is 2. The van der Waals surface area contributed by atoms with Crippen LogP contribution >= 0.6 is 7.60 Å². The van der Waals surface area contributed by atoms with Crippen LogP contribution in [0.2, 0.25) is 18.1 Å². The number of rotatable bonds is 9. The van der Waals surface area contributed by atoms with Crippen molar-refractivity contribution in [1.29, 1.82) is 0 Å². The molecule has 11 heteroatoms. The Morgan fingerprint density at radius 3 is 2.37 bits per heavy atom. The Morgan fingerprint density at radius 2 is 1.73 bits per heavy atom. The maximum atomic E-state index is 14.4. The van der Waals surface area contributed by atoms with Gasteiger partial charge in [-0.15, -0.1) is 0 Å². The Hall–Kier alpha value is -2.75. The number of hydrogen-bond acceptors (Lipinski definition) is 7. The molecule has 0 saturated carbocycles. The van der Waals surface area contributed by atoms with Crippen LogP contribution in [0.5, 0.6) is 5.75 Å². The molecule has 1 aliphatic heterocycles. The monoisotopic (exact) mass is 600 g/mol. The van der Waals surface area contributed by atoms with E-state index in [1.807, 2.05) is 32.0 Å². The Morgan fingerprint density at radius 1 is 1.05 bits per heavy atom. The van der Waals surface area contributed by atoms with Crippen LogP contribution in [0.25, 0.3) is 0 Å². The molecule has 1 aliphatic rings. The molecule has 1 saturated heterocycles. The zero-order chi connectivity index (χ0) is 30.2. The molecule has 1 N–H and O–H groups in total. The van der Waals surface area contributed by atoms with Crippen LogP contribution in [0.4, 0.5) is 0 Å². The Balaban J connectivity index is 1.66. The molecule has 2 aromatic carbocycles. The van der Waals surface area contributed by atoms with Gasteiger partial charge in [0.2, 0.25) is 0 Å². The molecule has 3 aromatic rings. The smallest absolute Gasteiger partial charge is 0.410 e. The molecule has 2 heterocycles. The van der Waals surface area contributed by atoms with Crippen LogP contribution in [0.3, 0.4) is 0 Å². The first-order valence-corrected chi connectivity index (χ1v) is 18.3. The van der Waals surface area contributed by atoms with Gasteiger partial charge in [0.15, 0.2) is 8.32 Å². The van der Waals surface area contributed by atoms with E-state index in [0.29, 0.717) is 23.0 Å². The SMILES string of the molecule is Cc1ccc(O[P@@](=O)(OCC2OC(n3cc(C)c(=O)[nH]c3=O)CC2O[Si](C)(C)C(C)(C)C)c2ccccc2)c(C)c1. The number of hydrogen-bond donors (Lipinski definition) is 1. The first-order valence-electron chi connectivity index (χ1n) is 13.8. The van der Waals surface area contributed by atoms with Crippen molar-refractivity contribution in [3.8, 4) is 5.75 Å². The van der Waals surface area contributed by atoms with Gasteiger partial charge in [-0.3, -0.25) is 18.9 Å². The van der Waals surface area contributed by atoms with E-state index in [1.54, 1.807) is 37.3 Å². The summed E-state index contributed by atoms with van der Waals surface area (Å²) in [6.45, 7) is 16.2. The maximum Gasteiger partial charge on any atom is 0.410 e. The van der Waals surface area contributed by atoms with Gasteiger partial charge in [-0.25, -0.2) is 9.36 Å². The molecule has 0 spiro atoms. The highest BCUT2D eigenvalue weighted by atomic mass is 31.2. The fourth-order valence-electron chi connectivity index (χ4n) is 4.47. The van der Waals surface area contributed by atoms with Gasteiger partial charge in [0, 0.05) is 18.2 Å². The van der Waals surface area contributed by atoms with Crippen molar-refractivity contribution < 1.29 is 22.8 Å². The molecular weight excluding hydrogens is 559 g/mol. The van der Waals surface area contributed by atoms with Crippen LogP contribution in [0.1, 0.15) is 50.1 Å². The molecule has 4 rings (SSSR count). The summed E-state index contributed by atoms with van der Waals surface area (Å²) in [6, 6.07) is 14.5. The zero-order valence-corrected chi connectivity index (χ0v) is 27.0. The van der Waals surface area contributed by atoms with Crippen LogP contribution in [0.15, 0.2) is 64.3 Å². The van der Waals surface area contributed by atoms with E-state index < -0.39 is 45.6 Å². The summed E-state index contributed by atoms with van der Waals surface area (Å²) in [5.74, 6) is 0.470. The molecule has 4 atom stereocenters. The fraction of sp³-hybridized carbons (Fsp3) is 0.467. The molecule has 0 radical (unpaired) electrons. The maximum absolute atomic E-state index is 14.4. The van der Waals surface area contributed by atoms with Crippen LogP contribution < -0.4 is 21.1 Å². The number of nitrogens with zero attached hydrogens (tertiary/aromatic N) is 1. The summed E-state index contributed by atoms with van der Waals surface area (Å²) in [6.07, 6.45) is 0.0759. The van der Waals surface area contributed by atoms with E-state index in [1.165, 1.54) is 10.8 Å². The normalized spacial score (nSPS) is 21.0. The van der Waals surface area contributed by atoms with Crippen molar-refractivity contribution >= 4 is 21.2 Å². The van der Waals surface area contributed by atoms with Gasteiger partial charge < -0.3 is 13.7 Å². The minimum Gasteiger partial charge on any atom is -0.421 e. The van der Waals surface area contributed by atoms with E-state index in [4.69, 9.17) is 18.2 Å². The lowest BCUT2D eigenvalue weighted by atomic mass is 10.1. The van der Waals surface area contributed by atoms with Crippen LogP contribution in [-0.2, 0) is 18.3 Å². The van der Waals surface area contributed by atoms with E-state index in [9.17, 15) is 14.2 Å². The minimum atomic E-state index is -3.85. The van der Waals surface area contributed by atoms with Crippen molar-refractivity contribution in [2.45, 2.75) is 84.5 Å². The second-order valence-electron chi connectivity index (χ2n) is 12.2. The number of ether oxygens (including phenoxy) is 1.